The highest BCUT2D eigenvalue weighted by Gasteiger charge is 2.36. The first-order valence-electron chi connectivity index (χ1n) is 12.1. The zero-order chi connectivity index (χ0) is 26.6. The van der Waals surface area contributed by atoms with Crippen molar-refractivity contribution in [3.8, 4) is 11.5 Å². The van der Waals surface area contributed by atoms with Crippen LogP contribution < -0.4 is 19.7 Å². The van der Waals surface area contributed by atoms with E-state index >= 15 is 0 Å². The fraction of sp³-hybridized carbons (Fsp3) is 0.233. The van der Waals surface area contributed by atoms with Gasteiger partial charge in [-0.1, -0.05) is 57.2 Å². The molecule has 0 aliphatic carbocycles. The van der Waals surface area contributed by atoms with Gasteiger partial charge < -0.3 is 9.47 Å². The summed E-state index contributed by atoms with van der Waals surface area (Å²) in [6.45, 7) is 9.02. The standard InChI is InChI=1S/C30H30N2O5/c1-20-7-5-9-23(17-20)32-28(34)26(27(33)31-29(32)35)19-21-8-6-10-25(18-21)37-16-15-36-24-13-11-22(12-14-24)30(2,3)4/h5-14,17-19H,15-16H2,1-4H3,(H,31,33,35). The number of carbonyl (C=O) groups is 3. The number of urea groups is 1. The summed E-state index contributed by atoms with van der Waals surface area (Å²) in [5.41, 5.74) is 3.05. The molecule has 4 rings (SSSR count). The van der Waals surface area contributed by atoms with Gasteiger partial charge in [-0.05, 0) is 71.5 Å². The molecular weight excluding hydrogens is 468 g/mol. The molecule has 190 valence electrons. The van der Waals surface area contributed by atoms with Crippen LogP contribution in [0.1, 0.15) is 37.5 Å². The van der Waals surface area contributed by atoms with Gasteiger partial charge in [-0.25, -0.2) is 9.69 Å². The van der Waals surface area contributed by atoms with E-state index in [0.29, 0.717) is 30.2 Å². The average Bonchev–Trinajstić information content (AvgIpc) is 2.84. The summed E-state index contributed by atoms with van der Waals surface area (Å²) in [6, 6.07) is 21.2. The number of imide groups is 2. The Kier molecular flexibility index (Phi) is 7.43. The number of nitrogens with one attached hydrogen (secondary N) is 1. The van der Waals surface area contributed by atoms with E-state index in [0.717, 1.165) is 16.2 Å². The fourth-order valence-corrected chi connectivity index (χ4v) is 3.89. The molecule has 3 aromatic rings. The second-order valence-corrected chi connectivity index (χ2v) is 9.84. The van der Waals surface area contributed by atoms with E-state index in [1.54, 1.807) is 42.5 Å². The minimum atomic E-state index is -0.775. The molecule has 1 fully saturated rings. The third-order valence-electron chi connectivity index (χ3n) is 5.87. The highest BCUT2D eigenvalue weighted by atomic mass is 16.5. The lowest BCUT2D eigenvalue weighted by Crippen LogP contribution is -2.54. The number of barbiturate groups is 1. The maximum Gasteiger partial charge on any atom is 0.335 e. The molecule has 3 aromatic carbocycles. The van der Waals surface area contributed by atoms with Gasteiger partial charge in [0.1, 0.15) is 30.3 Å². The SMILES string of the molecule is Cc1cccc(N2C(=O)NC(=O)C(=Cc3cccc(OCCOc4ccc(C(C)(C)C)cc4)c3)C2=O)c1. The van der Waals surface area contributed by atoms with Gasteiger partial charge in [-0.3, -0.25) is 14.9 Å². The molecule has 0 atom stereocenters. The van der Waals surface area contributed by atoms with Gasteiger partial charge in [-0.15, -0.1) is 0 Å². The summed E-state index contributed by atoms with van der Waals surface area (Å²) in [4.78, 5) is 38.9. The van der Waals surface area contributed by atoms with E-state index in [9.17, 15) is 14.4 Å². The van der Waals surface area contributed by atoms with Crippen molar-refractivity contribution >= 4 is 29.6 Å². The van der Waals surface area contributed by atoms with Gasteiger partial charge in [0.25, 0.3) is 11.8 Å². The van der Waals surface area contributed by atoms with E-state index in [1.165, 1.54) is 11.6 Å². The smallest absolute Gasteiger partial charge is 0.335 e. The quantitative estimate of drug-likeness (QED) is 0.267. The molecule has 37 heavy (non-hydrogen) atoms. The van der Waals surface area contributed by atoms with Crippen LogP contribution in [0.3, 0.4) is 0 Å². The number of rotatable bonds is 7. The number of hydrogen-bond donors (Lipinski definition) is 1. The molecule has 0 bridgehead atoms. The van der Waals surface area contributed by atoms with Crippen LogP contribution in [0.2, 0.25) is 0 Å². The van der Waals surface area contributed by atoms with E-state index in [2.05, 4.69) is 38.2 Å². The molecule has 0 radical (unpaired) electrons. The Morgan fingerprint density at radius 1 is 0.838 bits per heavy atom. The number of amides is 4. The maximum absolute atomic E-state index is 13.1. The van der Waals surface area contributed by atoms with Gasteiger partial charge in [0.2, 0.25) is 0 Å². The Morgan fingerprint density at radius 2 is 1.51 bits per heavy atom. The summed E-state index contributed by atoms with van der Waals surface area (Å²) in [5, 5.41) is 2.24. The van der Waals surface area contributed by atoms with Crippen molar-refractivity contribution in [1.29, 1.82) is 0 Å². The summed E-state index contributed by atoms with van der Waals surface area (Å²) in [6.07, 6.45) is 1.45. The summed E-state index contributed by atoms with van der Waals surface area (Å²) in [5.74, 6) is -0.0893. The zero-order valence-corrected chi connectivity index (χ0v) is 21.4. The Hall–Kier alpha value is -4.39. The van der Waals surface area contributed by atoms with Crippen molar-refractivity contribution in [3.63, 3.8) is 0 Å². The van der Waals surface area contributed by atoms with Crippen LogP contribution in [0.5, 0.6) is 11.5 Å². The van der Waals surface area contributed by atoms with E-state index in [-0.39, 0.29) is 11.0 Å². The molecule has 0 spiro atoms. The number of hydrogen-bond acceptors (Lipinski definition) is 5. The summed E-state index contributed by atoms with van der Waals surface area (Å²) in [7, 11) is 0. The maximum atomic E-state index is 13.1. The van der Waals surface area contributed by atoms with Gasteiger partial charge in [-0.2, -0.15) is 0 Å². The molecule has 1 aliphatic heterocycles. The van der Waals surface area contributed by atoms with Crippen molar-refractivity contribution in [2.75, 3.05) is 18.1 Å². The molecule has 1 N–H and O–H groups in total. The number of aryl methyl sites for hydroxylation is 1. The monoisotopic (exact) mass is 498 g/mol. The van der Waals surface area contributed by atoms with Crippen LogP contribution in [-0.2, 0) is 15.0 Å². The number of carbonyl (C=O) groups excluding carboxylic acids is 3. The van der Waals surface area contributed by atoms with Crippen molar-refractivity contribution in [2.24, 2.45) is 0 Å². The molecule has 0 aromatic heterocycles. The Morgan fingerprint density at radius 3 is 2.19 bits per heavy atom. The van der Waals surface area contributed by atoms with E-state index in [4.69, 9.17) is 9.47 Å². The Labute approximate surface area is 216 Å². The number of nitrogens with zero attached hydrogens (tertiary/aromatic N) is 1. The van der Waals surface area contributed by atoms with Crippen LogP contribution in [0.4, 0.5) is 10.5 Å². The minimum Gasteiger partial charge on any atom is -0.490 e. The minimum absolute atomic E-state index is 0.0826. The molecule has 0 saturated carbocycles. The molecule has 1 saturated heterocycles. The Balaban J connectivity index is 1.41. The second kappa shape index (κ2) is 10.7. The summed E-state index contributed by atoms with van der Waals surface area (Å²) >= 11 is 0. The van der Waals surface area contributed by atoms with Gasteiger partial charge in [0.05, 0.1) is 5.69 Å². The Bertz CT molecular complexity index is 1350. The third kappa shape index (κ3) is 6.25. The highest BCUT2D eigenvalue weighted by molar-refractivity contribution is 6.39. The first-order chi connectivity index (χ1) is 17.6. The van der Waals surface area contributed by atoms with Crippen molar-refractivity contribution in [3.05, 3.63) is 95.1 Å². The normalized spacial score (nSPS) is 15.1. The topological polar surface area (TPSA) is 84.9 Å². The lowest BCUT2D eigenvalue weighted by molar-refractivity contribution is -0.122. The first-order valence-corrected chi connectivity index (χ1v) is 12.1. The third-order valence-corrected chi connectivity index (χ3v) is 5.87. The largest absolute Gasteiger partial charge is 0.490 e. The molecule has 7 nitrogen and oxygen atoms in total. The molecule has 7 heteroatoms. The van der Waals surface area contributed by atoms with Gasteiger partial charge in [0.15, 0.2) is 0 Å². The number of anilines is 1. The number of benzene rings is 3. The van der Waals surface area contributed by atoms with Gasteiger partial charge >= 0.3 is 6.03 Å². The predicted octanol–water partition coefficient (Wildman–Crippen LogP) is 5.42. The first kappa shape index (κ1) is 25.7. The molecule has 1 aliphatic rings. The van der Waals surface area contributed by atoms with Crippen molar-refractivity contribution in [2.45, 2.75) is 33.1 Å². The van der Waals surface area contributed by atoms with Gasteiger partial charge in [0, 0.05) is 0 Å². The molecule has 4 amide bonds. The van der Waals surface area contributed by atoms with Crippen LogP contribution in [0.15, 0.2) is 78.4 Å². The lowest BCUT2D eigenvalue weighted by atomic mass is 9.87. The fourth-order valence-electron chi connectivity index (χ4n) is 3.89. The summed E-state index contributed by atoms with van der Waals surface area (Å²) < 4.78 is 11.6. The second-order valence-electron chi connectivity index (χ2n) is 9.84. The van der Waals surface area contributed by atoms with Crippen LogP contribution in [0, 0.1) is 6.92 Å². The van der Waals surface area contributed by atoms with Crippen LogP contribution in [0.25, 0.3) is 6.08 Å². The van der Waals surface area contributed by atoms with Crippen LogP contribution in [-0.4, -0.2) is 31.1 Å². The predicted molar refractivity (Wildman–Crippen MR) is 143 cm³/mol. The van der Waals surface area contributed by atoms with E-state index < -0.39 is 17.8 Å². The van der Waals surface area contributed by atoms with Crippen molar-refractivity contribution in [1.82, 2.24) is 5.32 Å². The number of ether oxygens (including phenoxy) is 2. The van der Waals surface area contributed by atoms with E-state index in [1.807, 2.05) is 25.1 Å². The molecular formula is C30H30N2O5. The highest BCUT2D eigenvalue weighted by Crippen LogP contribution is 2.25. The lowest BCUT2D eigenvalue weighted by Gasteiger charge is -2.26. The zero-order valence-electron chi connectivity index (χ0n) is 21.4. The molecule has 1 heterocycles. The van der Waals surface area contributed by atoms with Crippen LogP contribution >= 0.6 is 0 Å². The average molecular weight is 499 g/mol. The molecule has 0 unspecified atom stereocenters. The van der Waals surface area contributed by atoms with Crippen molar-refractivity contribution < 1.29 is 23.9 Å².